The second kappa shape index (κ2) is 6.53. The van der Waals surface area contributed by atoms with Crippen LogP contribution in [0.2, 0.25) is 0 Å². The van der Waals surface area contributed by atoms with Gasteiger partial charge in [0.15, 0.2) is 5.76 Å². The summed E-state index contributed by atoms with van der Waals surface area (Å²) in [5.74, 6) is 2.68. The SMILES string of the molecule is COc1ccc2c(c1)CCCC2NCc1ccc(-c2ccn[nH]2)o1. The van der Waals surface area contributed by atoms with Crippen molar-refractivity contribution in [3.05, 3.63) is 59.5 Å². The predicted molar refractivity (Wildman–Crippen MR) is 91.8 cm³/mol. The Kier molecular flexibility index (Phi) is 4.09. The van der Waals surface area contributed by atoms with Gasteiger partial charge in [-0.15, -0.1) is 0 Å². The molecule has 0 saturated carbocycles. The first-order valence-corrected chi connectivity index (χ1v) is 8.32. The molecule has 24 heavy (non-hydrogen) atoms. The minimum Gasteiger partial charge on any atom is -0.497 e. The van der Waals surface area contributed by atoms with Gasteiger partial charge in [0.1, 0.15) is 17.2 Å². The molecule has 1 atom stereocenters. The lowest BCUT2D eigenvalue weighted by Gasteiger charge is -2.26. The van der Waals surface area contributed by atoms with Crippen molar-refractivity contribution < 1.29 is 9.15 Å². The monoisotopic (exact) mass is 323 g/mol. The number of H-pyrrole nitrogens is 1. The highest BCUT2D eigenvalue weighted by Gasteiger charge is 2.20. The lowest BCUT2D eigenvalue weighted by atomic mass is 9.87. The Morgan fingerprint density at radius 2 is 2.25 bits per heavy atom. The number of nitrogens with zero attached hydrogens (tertiary/aromatic N) is 1. The van der Waals surface area contributed by atoms with E-state index < -0.39 is 0 Å². The second-order valence-electron chi connectivity index (χ2n) is 6.13. The summed E-state index contributed by atoms with van der Waals surface area (Å²) in [6.07, 6.45) is 5.18. The lowest BCUT2D eigenvalue weighted by molar-refractivity contribution is 0.406. The van der Waals surface area contributed by atoms with Gasteiger partial charge in [0.05, 0.1) is 13.7 Å². The summed E-state index contributed by atoms with van der Waals surface area (Å²) in [5.41, 5.74) is 3.66. The maximum atomic E-state index is 5.89. The van der Waals surface area contributed by atoms with Crippen LogP contribution in [0.25, 0.3) is 11.5 Å². The first kappa shape index (κ1) is 15.0. The normalized spacial score (nSPS) is 16.8. The van der Waals surface area contributed by atoms with Crippen LogP contribution >= 0.6 is 0 Å². The number of aromatic nitrogens is 2. The van der Waals surface area contributed by atoms with Gasteiger partial charge < -0.3 is 14.5 Å². The number of fused-ring (bicyclic) bond motifs is 1. The highest BCUT2D eigenvalue weighted by atomic mass is 16.5. The molecule has 2 heterocycles. The maximum Gasteiger partial charge on any atom is 0.152 e. The summed E-state index contributed by atoms with van der Waals surface area (Å²) in [4.78, 5) is 0. The third-order valence-electron chi connectivity index (χ3n) is 4.62. The third kappa shape index (κ3) is 2.95. The van der Waals surface area contributed by atoms with Gasteiger partial charge in [-0.05, 0) is 60.7 Å². The molecule has 3 aromatic rings. The molecule has 2 N–H and O–H groups in total. The summed E-state index contributed by atoms with van der Waals surface area (Å²) in [6.45, 7) is 0.713. The van der Waals surface area contributed by atoms with Crippen molar-refractivity contribution in [2.45, 2.75) is 31.8 Å². The average molecular weight is 323 g/mol. The molecule has 0 aliphatic heterocycles. The van der Waals surface area contributed by atoms with Crippen molar-refractivity contribution in [2.24, 2.45) is 0 Å². The third-order valence-corrected chi connectivity index (χ3v) is 4.62. The number of furan rings is 1. The van der Waals surface area contributed by atoms with Gasteiger partial charge in [-0.1, -0.05) is 6.07 Å². The van der Waals surface area contributed by atoms with Crippen molar-refractivity contribution in [2.75, 3.05) is 7.11 Å². The summed E-state index contributed by atoms with van der Waals surface area (Å²) >= 11 is 0. The number of hydrogen-bond acceptors (Lipinski definition) is 4. The van der Waals surface area contributed by atoms with Crippen molar-refractivity contribution in [1.29, 1.82) is 0 Å². The number of aryl methyl sites for hydroxylation is 1. The molecule has 124 valence electrons. The van der Waals surface area contributed by atoms with Crippen molar-refractivity contribution >= 4 is 0 Å². The van der Waals surface area contributed by atoms with E-state index in [1.165, 1.54) is 17.5 Å². The molecule has 0 bridgehead atoms. The van der Waals surface area contributed by atoms with E-state index in [4.69, 9.17) is 9.15 Å². The first-order valence-electron chi connectivity index (χ1n) is 8.32. The summed E-state index contributed by atoms with van der Waals surface area (Å²) in [7, 11) is 1.72. The summed E-state index contributed by atoms with van der Waals surface area (Å²) in [5, 5.41) is 10.5. The number of rotatable bonds is 5. The molecule has 0 fully saturated rings. The van der Waals surface area contributed by atoms with E-state index in [9.17, 15) is 0 Å². The molecule has 2 aromatic heterocycles. The Morgan fingerprint density at radius 1 is 1.29 bits per heavy atom. The smallest absolute Gasteiger partial charge is 0.152 e. The number of ether oxygens (including phenoxy) is 1. The standard InChI is InChI=1S/C19H21N3O2/c1-23-14-5-7-16-13(11-14)3-2-4-17(16)20-12-15-6-8-19(24-15)18-9-10-21-22-18/h5-11,17,20H,2-4,12H2,1H3,(H,21,22). The molecular weight excluding hydrogens is 302 g/mol. The largest absolute Gasteiger partial charge is 0.497 e. The fourth-order valence-electron chi connectivity index (χ4n) is 3.36. The van der Waals surface area contributed by atoms with Crippen molar-refractivity contribution in [3.8, 4) is 17.2 Å². The van der Waals surface area contributed by atoms with E-state index >= 15 is 0 Å². The number of methoxy groups -OCH3 is 1. The molecule has 4 rings (SSSR count). The number of nitrogens with one attached hydrogen (secondary N) is 2. The minimum atomic E-state index is 0.361. The molecule has 0 amide bonds. The molecule has 1 unspecified atom stereocenters. The highest BCUT2D eigenvalue weighted by molar-refractivity contribution is 5.51. The number of hydrogen-bond donors (Lipinski definition) is 2. The highest BCUT2D eigenvalue weighted by Crippen LogP contribution is 2.32. The first-order chi connectivity index (χ1) is 11.8. The minimum absolute atomic E-state index is 0.361. The molecule has 5 heteroatoms. The quantitative estimate of drug-likeness (QED) is 0.749. The van der Waals surface area contributed by atoms with E-state index in [0.29, 0.717) is 12.6 Å². The van der Waals surface area contributed by atoms with Gasteiger partial charge >= 0.3 is 0 Å². The lowest BCUT2D eigenvalue weighted by Crippen LogP contribution is -2.24. The molecule has 0 saturated heterocycles. The van der Waals surface area contributed by atoms with Gasteiger partial charge in [0.25, 0.3) is 0 Å². The van der Waals surface area contributed by atoms with E-state index in [2.05, 4.69) is 27.6 Å². The Labute approximate surface area is 141 Å². The Balaban J connectivity index is 1.45. The molecule has 1 aliphatic carbocycles. The van der Waals surface area contributed by atoms with Crippen LogP contribution in [0.5, 0.6) is 5.75 Å². The van der Waals surface area contributed by atoms with Gasteiger partial charge in [-0.25, -0.2) is 0 Å². The van der Waals surface area contributed by atoms with Gasteiger partial charge in [-0.2, -0.15) is 5.10 Å². The Hall–Kier alpha value is -2.53. The zero-order chi connectivity index (χ0) is 16.4. The van der Waals surface area contributed by atoms with Crippen LogP contribution in [-0.4, -0.2) is 17.3 Å². The van der Waals surface area contributed by atoms with Crippen LogP contribution in [0.15, 0.2) is 47.0 Å². The zero-order valence-electron chi connectivity index (χ0n) is 13.7. The van der Waals surface area contributed by atoms with Crippen LogP contribution in [-0.2, 0) is 13.0 Å². The van der Waals surface area contributed by atoms with E-state index in [-0.39, 0.29) is 0 Å². The van der Waals surface area contributed by atoms with Gasteiger partial charge in [0, 0.05) is 12.2 Å². The summed E-state index contributed by atoms with van der Waals surface area (Å²) < 4.78 is 11.2. The number of benzene rings is 1. The van der Waals surface area contributed by atoms with Crippen LogP contribution in [0.3, 0.4) is 0 Å². The van der Waals surface area contributed by atoms with E-state index in [1.807, 2.05) is 24.3 Å². The second-order valence-corrected chi connectivity index (χ2v) is 6.13. The molecule has 5 nitrogen and oxygen atoms in total. The van der Waals surface area contributed by atoms with E-state index in [0.717, 1.165) is 35.8 Å². The van der Waals surface area contributed by atoms with E-state index in [1.54, 1.807) is 13.3 Å². The fourth-order valence-corrected chi connectivity index (χ4v) is 3.36. The maximum absolute atomic E-state index is 5.89. The molecule has 0 radical (unpaired) electrons. The predicted octanol–water partition coefficient (Wildman–Crippen LogP) is 3.85. The van der Waals surface area contributed by atoms with Crippen LogP contribution in [0, 0.1) is 0 Å². The molecular formula is C19H21N3O2. The van der Waals surface area contributed by atoms with Gasteiger partial charge in [-0.3, -0.25) is 5.10 Å². The molecule has 0 spiro atoms. The van der Waals surface area contributed by atoms with Crippen LogP contribution < -0.4 is 10.1 Å². The average Bonchev–Trinajstić information content (AvgIpc) is 3.30. The zero-order valence-corrected chi connectivity index (χ0v) is 13.7. The number of aromatic amines is 1. The Morgan fingerprint density at radius 3 is 3.08 bits per heavy atom. The van der Waals surface area contributed by atoms with Crippen molar-refractivity contribution in [1.82, 2.24) is 15.5 Å². The van der Waals surface area contributed by atoms with Gasteiger partial charge in [0.2, 0.25) is 0 Å². The Bertz CT molecular complexity index is 808. The van der Waals surface area contributed by atoms with Crippen LogP contribution in [0.4, 0.5) is 0 Å². The van der Waals surface area contributed by atoms with Crippen LogP contribution in [0.1, 0.15) is 35.8 Å². The molecule has 1 aromatic carbocycles. The fraction of sp³-hybridized carbons (Fsp3) is 0.316. The topological polar surface area (TPSA) is 63.1 Å². The van der Waals surface area contributed by atoms with Crippen molar-refractivity contribution in [3.63, 3.8) is 0 Å². The summed E-state index contributed by atoms with van der Waals surface area (Å²) in [6, 6.07) is 12.6. The molecule has 1 aliphatic rings.